The minimum atomic E-state index is -1.17. The van der Waals surface area contributed by atoms with Crippen LogP contribution in [-0.4, -0.2) is 181 Å². The number of rotatable bonds is 30. The highest BCUT2D eigenvalue weighted by molar-refractivity contribution is 6.12. The van der Waals surface area contributed by atoms with Crippen LogP contribution in [0.4, 0.5) is 0 Å². The molecule has 0 bridgehead atoms. The maximum Gasteiger partial charge on any atom is 0.272 e. The number of carbonyl (C=O) groups is 9. The van der Waals surface area contributed by atoms with Crippen LogP contribution >= 0.6 is 0 Å². The van der Waals surface area contributed by atoms with Crippen LogP contribution < -0.4 is 21.5 Å². The van der Waals surface area contributed by atoms with Gasteiger partial charge in [0.1, 0.15) is 5.54 Å². The van der Waals surface area contributed by atoms with Gasteiger partial charge in [-0.05, 0) is 95.3 Å². The molecule has 3 heterocycles. The number of nitrogens with one attached hydrogen (secondary N) is 4. The average Bonchev–Trinajstić information content (AvgIpc) is 3.90. The molecule has 21 heteroatoms. The third-order valence-electron chi connectivity index (χ3n) is 16.5. The lowest BCUT2D eigenvalue weighted by Crippen LogP contribution is -2.60. The number of hydrazine groups is 1. The number of hydroxylamine groups is 2. The number of likely N-dealkylation sites (tertiary alicyclic amines) is 1. The number of unbranched alkanes of at least 4 members (excludes halogenated alkanes) is 2. The molecule has 1 aromatic rings. The van der Waals surface area contributed by atoms with E-state index in [9.17, 15) is 43.2 Å². The molecule has 1 aliphatic carbocycles. The zero-order valence-electron chi connectivity index (χ0n) is 48.8. The summed E-state index contributed by atoms with van der Waals surface area (Å²) < 4.78 is 12.3. The van der Waals surface area contributed by atoms with Gasteiger partial charge in [-0.1, -0.05) is 91.6 Å². The molecule has 3 fully saturated rings. The van der Waals surface area contributed by atoms with Crippen molar-refractivity contribution in [2.24, 2.45) is 23.7 Å². The second-order valence-electron chi connectivity index (χ2n) is 22.8. The van der Waals surface area contributed by atoms with Crippen molar-refractivity contribution in [3.05, 3.63) is 48.0 Å². The first-order chi connectivity index (χ1) is 37.6. The molecular formula is C58H91N9O12. The number of nitrogens with zero attached hydrogens (tertiary/aromatic N) is 5. The van der Waals surface area contributed by atoms with Gasteiger partial charge in [0.2, 0.25) is 35.4 Å². The van der Waals surface area contributed by atoms with Crippen LogP contribution in [0.3, 0.4) is 0 Å². The number of hydrogen-bond acceptors (Lipinski definition) is 14. The SMILES string of the molecule is CC[C@H](C)[C@@H]([C@@H](CC(=O)N1CCC[C@H]1[C@H](OC)[C@@H](C)C(=O)N[C@@]1(C(=O)N2CCCCO2)C[C@@H]1c1ccccc1)OC)N(C)[C@H](C(=O)NC(=O)[C@H](C(C)C)N(C)CCCC(=O)NNC(=O)CCCCCN1C(=O)C=CC1=O)C(C)C. The topological polar surface area (TPSA) is 246 Å². The Balaban J connectivity index is 1.16. The van der Waals surface area contributed by atoms with Gasteiger partial charge in [-0.3, -0.25) is 78.9 Å². The van der Waals surface area contributed by atoms with Crippen LogP contribution in [0.2, 0.25) is 0 Å². The van der Waals surface area contributed by atoms with E-state index in [2.05, 4.69) is 28.4 Å². The molecule has 0 spiro atoms. The lowest BCUT2D eigenvalue weighted by molar-refractivity contribution is -0.200. The van der Waals surface area contributed by atoms with E-state index in [1.54, 1.807) is 33.1 Å². The third-order valence-corrected chi connectivity index (χ3v) is 16.5. The smallest absolute Gasteiger partial charge is 0.272 e. The molecule has 4 N–H and O–H groups in total. The number of ether oxygens (including phenoxy) is 2. The summed E-state index contributed by atoms with van der Waals surface area (Å²) in [5.74, 6) is -4.67. The van der Waals surface area contributed by atoms with Gasteiger partial charge in [-0.15, -0.1) is 0 Å². The average molecular weight is 1110 g/mol. The Hall–Kier alpha value is -5.61. The van der Waals surface area contributed by atoms with Crippen molar-refractivity contribution in [2.45, 2.75) is 180 Å². The van der Waals surface area contributed by atoms with Crippen molar-refractivity contribution in [1.29, 1.82) is 0 Å². The molecule has 0 aromatic heterocycles. The molecule has 9 amide bonds. The zero-order chi connectivity index (χ0) is 58.1. The summed E-state index contributed by atoms with van der Waals surface area (Å²) >= 11 is 0. The van der Waals surface area contributed by atoms with Gasteiger partial charge >= 0.3 is 0 Å². The summed E-state index contributed by atoms with van der Waals surface area (Å²) in [6.45, 7) is 15.4. The highest BCUT2D eigenvalue weighted by Gasteiger charge is 2.64. The molecule has 21 nitrogen and oxygen atoms in total. The van der Waals surface area contributed by atoms with E-state index in [-0.39, 0.29) is 84.9 Å². The van der Waals surface area contributed by atoms with Gasteiger partial charge in [0, 0.05) is 70.8 Å². The van der Waals surface area contributed by atoms with Crippen molar-refractivity contribution in [3.63, 3.8) is 0 Å². The predicted octanol–water partition coefficient (Wildman–Crippen LogP) is 4.01. The largest absolute Gasteiger partial charge is 0.379 e. The highest BCUT2D eigenvalue weighted by Crippen LogP contribution is 2.53. The van der Waals surface area contributed by atoms with Crippen molar-refractivity contribution < 1.29 is 57.5 Å². The number of amides is 9. The summed E-state index contributed by atoms with van der Waals surface area (Å²) in [6, 6.07) is 7.31. The monoisotopic (exact) mass is 1110 g/mol. The molecule has 0 unspecified atom stereocenters. The molecule has 4 aliphatic rings. The molecule has 1 saturated carbocycles. The van der Waals surface area contributed by atoms with Crippen LogP contribution in [0.15, 0.2) is 42.5 Å². The number of methoxy groups -OCH3 is 2. The Labute approximate surface area is 467 Å². The minimum Gasteiger partial charge on any atom is -0.379 e. The van der Waals surface area contributed by atoms with Crippen molar-refractivity contribution in [2.75, 3.05) is 61.1 Å². The van der Waals surface area contributed by atoms with E-state index in [0.717, 1.165) is 23.3 Å². The summed E-state index contributed by atoms with van der Waals surface area (Å²) in [7, 11) is 6.71. The number of imide groups is 2. The second-order valence-corrected chi connectivity index (χ2v) is 22.8. The van der Waals surface area contributed by atoms with E-state index in [0.29, 0.717) is 77.6 Å². The van der Waals surface area contributed by atoms with Crippen molar-refractivity contribution in [1.82, 2.24) is 46.1 Å². The summed E-state index contributed by atoms with van der Waals surface area (Å²) in [5.41, 5.74) is 4.64. The van der Waals surface area contributed by atoms with Crippen LogP contribution in [0, 0.1) is 23.7 Å². The number of carbonyl (C=O) groups excluding carboxylic acids is 9. The van der Waals surface area contributed by atoms with Crippen LogP contribution in [0.5, 0.6) is 0 Å². The Morgan fingerprint density at radius 2 is 1.41 bits per heavy atom. The molecule has 1 aromatic carbocycles. The summed E-state index contributed by atoms with van der Waals surface area (Å²) in [6.07, 6.45) is 7.50. The molecule has 440 valence electrons. The first-order valence-corrected chi connectivity index (χ1v) is 28.7. The van der Waals surface area contributed by atoms with E-state index >= 15 is 0 Å². The van der Waals surface area contributed by atoms with E-state index < -0.39 is 65.6 Å². The van der Waals surface area contributed by atoms with Crippen LogP contribution in [-0.2, 0) is 57.5 Å². The second kappa shape index (κ2) is 30.3. The fourth-order valence-corrected chi connectivity index (χ4v) is 12.0. The Morgan fingerprint density at radius 3 is 1.99 bits per heavy atom. The number of hydrogen-bond donors (Lipinski definition) is 4. The molecule has 10 atom stereocenters. The van der Waals surface area contributed by atoms with Crippen molar-refractivity contribution >= 4 is 53.2 Å². The molecule has 3 aliphatic heterocycles. The van der Waals surface area contributed by atoms with Gasteiger partial charge in [-0.25, -0.2) is 5.06 Å². The molecular weight excluding hydrogens is 1010 g/mol. The predicted molar refractivity (Wildman–Crippen MR) is 296 cm³/mol. The fraction of sp³-hybridized carbons (Fsp3) is 0.707. The van der Waals surface area contributed by atoms with Crippen LogP contribution in [0.25, 0.3) is 0 Å². The van der Waals surface area contributed by atoms with Crippen LogP contribution in [0.1, 0.15) is 143 Å². The first-order valence-electron chi connectivity index (χ1n) is 28.7. The quantitative estimate of drug-likeness (QED) is 0.0484. The molecule has 5 rings (SSSR count). The fourth-order valence-electron chi connectivity index (χ4n) is 12.0. The third kappa shape index (κ3) is 16.7. The maximum atomic E-state index is 14.7. The van der Waals surface area contributed by atoms with E-state index in [4.69, 9.17) is 14.3 Å². The normalized spacial score (nSPS) is 21.9. The van der Waals surface area contributed by atoms with Gasteiger partial charge in [0.25, 0.3) is 17.7 Å². The van der Waals surface area contributed by atoms with Crippen molar-refractivity contribution in [3.8, 4) is 0 Å². The Bertz CT molecular complexity index is 2280. The first kappa shape index (κ1) is 64.2. The maximum absolute atomic E-state index is 14.7. The standard InChI is InChI=1S/C58H91N9O12/c1-12-39(6)52(64(9)51(38(4)5)56(75)59-55(74)50(37(2)3)63(8)30-22-27-46(69)62-61-45(68)26-17-14-18-31-66-47(70)28-29-48(66)71)44(77-10)35-49(72)65-32-21-25-43(65)53(78-11)40(7)54(73)60-58(57(76)67-33-19-20-34-79-67)36-42(58)41-23-15-13-16-24-41/h13,15-16,23-24,28-29,37-40,42-44,50-53H,12,14,17-22,25-27,30-36H2,1-11H3,(H,60,73)(H,61,68)(H,62,69)(H,59,74,75)/t39-,40+,42+,43-,44+,50-,51-,52-,53+,58-/m0/s1. The lowest BCUT2D eigenvalue weighted by atomic mass is 9.87. The van der Waals surface area contributed by atoms with E-state index in [1.165, 1.54) is 17.2 Å². The van der Waals surface area contributed by atoms with Gasteiger partial charge < -0.3 is 19.7 Å². The highest BCUT2D eigenvalue weighted by atomic mass is 16.7. The van der Waals surface area contributed by atoms with E-state index in [1.807, 2.05) is 81.8 Å². The van der Waals surface area contributed by atoms with Gasteiger partial charge in [0.15, 0.2) is 0 Å². The zero-order valence-corrected chi connectivity index (χ0v) is 48.8. The molecule has 0 radical (unpaired) electrons. The summed E-state index contributed by atoms with van der Waals surface area (Å²) in [5, 5.41) is 7.28. The summed E-state index contributed by atoms with van der Waals surface area (Å²) in [4.78, 5) is 133. The van der Waals surface area contributed by atoms with Gasteiger partial charge in [-0.2, -0.15) is 0 Å². The molecule has 2 saturated heterocycles. The number of benzene rings is 1. The number of likely N-dealkylation sites (N-methyl/N-ethyl adjacent to an activating group) is 2. The van der Waals surface area contributed by atoms with Gasteiger partial charge in [0.05, 0.1) is 49.3 Å². The molecule has 79 heavy (non-hydrogen) atoms. The Kier molecular flexibility index (Phi) is 24.6. The Morgan fingerprint density at radius 1 is 0.772 bits per heavy atom. The minimum absolute atomic E-state index is 0.0152. The lowest BCUT2D eigenvalue weighted by Gasteiger charge is -2.43.